The summed E-state index contributed by atoms with van der Waals surface area (Å²) in [4.78, 5) is 24.3. The van der Waals surface area contributed by atoms with E-state index in [1.54, 1.807) is 6.07 Å². The summed E-state index contributed by atoms with van der Waals surface area (Å²) in [5.41, 5.74) is 1.08. The molecule has 2 fully saturated rings. The number of rotatable bonds is 4. The second kappa shape index (κ2) is 6.02. The molecule has 1 aliphatic carbocycles. The van der Waals surface area contributed by atoms with Crippen LogP contribution in [0.25, 0.3) is 11.1 Å². The van der Waals surface area contributed by atoms with E-state index < -0.39 is 5.76 Å². The number of oxazole rings is 1. The summed E-state index contributed by atoms with van der Waals surface area (Å²) in [7, 11) is 0. The maximum Gasteiger partial charge on any atom is 0.419 e. The fourth-order valence-corrected chi connectivity index (χ4v) is 4.34. The number of nitrogens with zero attached hydrogens (tertiary/aromatic N) is 1. The van der Waals surface area contributed by atoms with E-state index in [9.17, 15) is 9.59 Å². The number of benzene rings is 1. The molecule has 2 heterocycles. The molecule has 1 saturated heterocycles. The second-order valence-corrected chi connectivity index (χ2v) is 7.57. The van der Waals surface area contributed by atoms with Gasteiger partial charge in [-0.05, 0) is 25.0 Å². The Labute approximate surface area is 145 Å². The molecule has 0 amide bonds. The molecule has 2 aromatic rings. The Morgan fingerprint density at radius 3 is 3.00 bits per heavy atom. The molecule has 4 rings (SSSR count). The van der Waals surface area contributed by atoms with Gasteiger partial charge in [0.2, 0.25) is 0 Å². The molecule has 1 saturated carbocycles. The fourth-order valence-electron chi connectivity index (χ4n) is 4.34. The summed E-state index contributed by atoms with van der Waals surface area (Å²) in [6.07, 6.45) is 2.27. The summed E-state index contributed by atoms with van der Waals surface area (Å²) in [5, 5.41) is 0. The number of para-hydroxylation sites is 2. The molecule has 2 aliphatic rings. The minimum absolute atomic E-state index is 0.108. The number of carbonyl (C=O) groups excluding carboxylic acids is 1. The zero-order valence-corrected chi connectivity index (χ0v) is 14.6. The monoisotopic (exact) mass is 345 g/mol. The van der Waals surface area contributed by atoms with E-state index in [2.05, 4.69) is 13.8 Å². The highest BCUT2D eigenvalue weighted by Gasteiger charge is 2.60. The Morgan fingerprint density at radius 2 is 2.16 bits per heavy atom. The summed E-state index contributed by atoms with van der Waals surface area (Å²) in [5.74, 6) is -0.428. The molecule has 3 atom stereocenters. The fraction of sp³-hybridized carbons (Fsp3) is 0.579. The van der Waals surface area contributed by atoms with E-state index in [-0.39, 0.29) is 36.6 Å². The van der Waals surface area contributed by atoms with E-state index >= 15 is 0 Å². The smallest absolute Gasteiger partial charge is 0.419 e. The quantitative estimate of drug-likeness (QED) is 0.797. The Bertz CT molecular complexity index is 849. The van der Waals surface area contributed by atoms with Crippen LogP contribution in [0.2, 0.25) is 0 Å². The van der Waals surface area contributed by atoms with E-state index in [1.165, 1.54) is 4.57 Å². The Kier molecular flexibility index (Phi) is 3.95. The highest BCUT2D eigenvalue weighted by atomic mass is 16.6. The van der Waals surface area contributed by atoms with Gasteiger partial charge in [-0.25, -0.2) is 4.79 Å². The van der Waals surface area contributed by atoms with Crippen LogP contribution in [0.5, 0.6) is 0 Å². The molecule has 0 unspecified atom stereocenters. The van der Waals surface area contributed by atoms with E-state index in [0.29, 0.717) is 17.0 Å². The molecule has 0 radical (unpaired) electrons. The van der Waals surface area contributed by atoms with Crippen LogP contribution in [0, 0.1) is 11.3 Å². The number of esters is 1. The lowest BCUT2D eigenvalue weighted by Crippen LogP contribution is -2.65. The van der Waals surface area contributed by atoms with Gasteiger partial charge in [0.25, 0.3) is 0 Å². The molecule has 0 spiro atoms. The number of fused-ring (bicyclic) bond motifs is 2. The van der Waals surface area contributed by atoms with Crippen LogP contribution in [0.3, 0.4) is 0 Å². The number of carbonyl (C=O) groups is 1. The highest BCUT2D eigenvalue weighted by Crippen LogP contribution is 2.53. The van der Waals surface area contributed by atoms with Gasteiger partial charge < -0.3 is 13.9 Å². The van der Waals surface area contributed by atoms with Gasteiger partial charge in [-0.3, -0.25) is 9.36 Å². The summed E-state index contributed by atoms with van der Waals surface area (Å²) in [6.45, 7) is 5.23. The number of aryl methyl sites for hydroxylation is 1. The highest BCUT2D eigenvalue weighted by molar-refractivity contribution is 5.73. The number of aromatic nitrogens is 1. The third-order valence-electron chi connectivity index (χ3n) is 5.60. The average molecular weight is 345 g/mol. The topological polar surface area (TPSA) is 70.7 Å². The summed E-state index contributed by atoms with van der Waals surface area (Å²) >= 11 is 0. The molecular formula is C19H23NO5. The van der Waals surface area contributed by atoms with Gasteiger partial charge in [-0.1, -0.05) is 26.0 Å². The number of hydrogen-bond donors (Lipinski definition) is 0. The summed E-state index contributed by atoms with van der Waals surface area (Å²) < 4.78 is 18.3. The van der Waals surface area contributed by atoms with Gasteiger partial charge in [0, 0.05) is 24.5 Å². The third-order valence-corrected chi connectivity index (χ3v) is 5.60. The van der Waals surface area contributed by atoms with Gasteiger partial charge >= 0.3 is 11.7 Å². The molecule has 6 heteroatoms. The van der Waals surface area contributed by atoms with E-state index in [1.807, 2.05) is 18.2 Å². The molecule has 0 N–H and O–H groups in total. The minimum atomic E-state index is -0.446. The van der Waals surface area contributed by atoms with Gasteiger partial charge in [0.1, 0.15) is 6.10 Å². The van der Waals surface area contributed by atoms with Gasteiger partial charge in [0.15, 0.2) is 5.58 Å². The van der Waals surface area contributed by atoms with Crippen molar-refractivity contribution >= 4 is 17.1 Å². The maximum atomic E-state index is 12.3. The van der Waals surface area contributed by atoms with Crippen molar-refractivity contribution in [1.29, 1.82) is 0 Å². The van der Waals surface area contributed by atoms with Crippen molar-refractivity contribution in [2.45, 2.75) is 51.9 Å². The van der Waals surface area contributed by atoms with Crippen molar-refractivity contribution in [2.24, 2.45) is 11.3 Å². The molecule has 1 aromatic heterocycles. The Morgan fingerprint density at radius 1 is 1.36 bits per heavy atom. The van der Waals surface area contributed by atoms with Crippen LogP contribution >= 0.6 is 0 Å². The normalized spacial score (nSPS) is 27.5. The van der Waals surface area contributed by atoms with Crippen molar-refractivity contribution in [2.75, 3.05) is 6.61 Å². The van der Waals surface area contributed by atoms with Crippen molar-refractivity contribution in [3.8, 4) is 0 Å². The lowest BCUT2D eigenvalue weighted by atomic mass is 9.57. The Hall–Kier alpha value is -2.08. The third kappa shape index (κ3) is 2.68. The van der Waals surface area contributed by atoms with Crippen molar-refractivity contribution in [3.05, 3.63) is 34.8 Å². The van der Waals surface area contributed by atoms with Crippen molar-refractivity contribution in [1.82, 2.24) is 4.57 Å². The number of ether oxygens (including phenoxy) is 2. The van der Waals surface area contributed by atoms with Crippen molar-refractivity contribution in [3.63, 3.8) is 0 Å². The molecule has 6 nitrogen and oxygen atoms in total. The van der Waals surface area contributed by atoms with Crippen LogP contribution in [-0.4, -0.2) is 29.4 Å². The zero-order chi connectivity index (χ0) is 17.6. The van der Waals surface area contributed by atoms with Gasteiger partial charge in [-0.15, -0.1) is 0 Å². The van der Waals surface area contributed by atoms with Crippen LogP contribution < -0.4 is 5.76 Å². The second-order valence-electron chi connectivity index (χ2n) is 7.57. The van der Waals surface area contributed by atoms with Gasteiger partial charge in [-0.2, -0.15) is 0 Å². The minimum Gasteiger partial charge on any atom is -0.461 e. The SMILES string of the molecule is CC1(C)[C@@H]2OCCC[C@H]2[C@@H]1OC(=O)CCn1c(=O)oc2ccccc21. The summed E-state index contributed by atoms with van der Waals surface area (Å²) in [6, 6.07) is 7.20. The largest absolute Gasteiger partial charge is 0.461 e. The Balaban J connectivity index is 1.41. The molecule has 134 valence electrons. The van der Waals surface area contributed by atoms with E-state index in [0.717, 1.165) is 19.4 Å². The molecule has 0 bridgehead atoms. The standard InChI is InChI=1S/C19H23NO5/c1-19(2)16-12(6-5-11-23-16)17(19)25-15(21)9-10-20-13-7-3-4-8-14(13)24-18(20)22/h3-4,7-8,12,16-17H,5-6,9-11H2,1-2H3/t12-,16-,17+/m1/s1. The van der Waals surface area contributed by atoms with Crippen LogP contribution in [0.15, 0.2) is 33.5 Å². The van der Waals surface area contributed by atoms with Crippen LogP contribution in [0.1, 0.15) is 33.1 Å². The molecule has 1 aliphatic heterocycles. The molecular weight excluding hydrogens is 322 g/mol. The predicted octanol–water partition coefficient (Wildman–Crippen LogP) is 2.73. The maximum absolute atomic E-state index is 12.3. The first-order valence-electron chi connectivity index (χ1n) is 8.88. The lowest BCUT2D eigenvalue weighted by Gasteiger charge is -2.58. The first-order valence-corrected chi connectivity index (χ1v) is 8.88. The van der Waals surface area contributed by atoms with Crippen LogP contribution in [0.4, 0.5) is 0 Å². The molecule has 25 heavy (non-hydrogen) atoms. The predicted molar refractivity (Wildman–Crippen MR) is 91.2 cm³/mol. The van der Waals surface area contributed by atoms with E-state index in [4.69, 9.17) is 13.9 Å². The number of hydrogen-bond acceptors (Lipinski definition) is 5. The van der Waals surface area contributed by atoms with Gasteiger partial charge in [0.05, 0.1) is 18.0 Å². The van der Waals surface area contributed by atoms with Crippen LogP contribution in [-0.2, 0) is 20.8 Å². The first-order chi connectivity index (χ1) is 12.0. The molecule has 1 aromatic carbocycles. The average Bonchev–Trinajstić information content (AvgIpc) is 2.93. The zero-order valence-electron chi connectivity index (χ0n) is 14.6. The van der Waals surface area contributed by atoms with Crippen molar-refractivity contribution < 1.29 is 18.7 Å². The lowest BCUT2D eigenvalue weighted by molar-refractivity contribution is -0.254. The first kappa shape index (κ1) is 16.4.